The monoisotopic (exact) mass is 394 g/mol. The molecule has 9 heteroatoms. The molecule has 2 aromatic heterocycles. The van der Waals surface area contributed by atoms with E-state index in [0.29, 0.717) is 39.4 Å². The first-order valence-corrected chi connectivity index (χ1v) is 9.04. The predicted molar refractivity (Wildman–Crippen MR) is 99.7 cm³/mol. The molecule has 1 N–H and O–H groups in total. The molecule has 26 heavy (non-hydrogen) atoms. The number of rotatable bonds is 5. The largest absolute Gasteiger partial charge is 0.496 e. The van der Waals surface area contributed by atoms with Crippen molar-refractivity contribution in [1.82, 2.24) is 14.8 Å². The Labute approximate surface area is 158 Å². The van der Waals surface area contributed by atoms with E-state index in [0.717, 1.165) is 0 Å². The van der Waals surface area contributed by atoms with Crippen LogP contribution < -0.4 is 10.1 Å². The van der Waals surface area contributed by atoms with Crippen LogP contribution in [0.25, 0.3) is 11.3 Å². The highest BCUT2D eigenvalue weighted by molar-refractivity contribution is 7.14. The highest BCUT2D eigenvalue weighted by Gasteiger charge is 2.21. The molecule has 136 valence electrons. The van der Waals surface area contributed by atoms with Gasteiger partial charge in [-0.2, -0.15) is 5.10 Å². The molecule has 2 heterocycles. The van der Waals surface area contributed by atoms with E-state index >= 15 is 0 Å². The van der Waals surface area contributed by atoms with Gasteiger partial charge in [-0.25, -0.2) is 9.37 Å². The van der Waals surface area contributed by atoms with Gasteiger partial charge in [-0.05, 0) is 32.0 Å². The van der Waals surface area contributed by atoms with Crippen molar-refractivity contribution in [3.8, 4) is 17.0 Å². The van der Waals surface area contributed by atoms with Crippen molar-refractivity contribution in [2.75, 3.05) is 12.4 Å². The molecule has 0 aliphatic rings. The molecular formula is C17H16ClFN4O2S. The van der Waals surface area contributed by atoms with Crippen LogP contribution >= 0.6 is 22.9 Å². The molecule has 0 bridgehead atoms. The van der Waals surface area contributed by atoms with Gasteiger partial charge in [0.1, 0.15) is 17.3 Å². The minimum atomic E-state index is -0.399. The fraction of sp³-hybridized carbons (Fsp3) is 0.235. The number of ether oxygens (including phenoxy) is 1. The molecule has 3 aromatic rings. The van der Waals surface area contributed by atoms with Crippen LogP contribution in [0.1, 0.15) is 23.1 Å². The normalized spacial score (nSPS) is 10.8. The number of anilines is 1. The lowest BCUT2D eigenvalue weighted by Gasteiger charge is -2.06. The van der Waals surface area contributed by atoms with Gasteiger partial charge in [-0.1, -0.05) is 11.6 Å². The third-order valence-electron chi connectivity index (χ3n) is 3.73. The van der Waals surface area contributed by atoms with Gasteiger partial charge in [-0.3, -0.25) is 14.8 Å². The maximum atomic E-state index is 13.6. The molecule has 0 aliphatic heterocycles. The zero-order valence-corrected chi connectivity index (χ0v) is 15.9. The SMILES string of the molecule is CCn1nc(C)c(Cl)c1C(=O)Nc1nc(-c2cc(F)ccc2OC)cs1. The molecule has 0 atom stereocenters. The Bertz CT molecular complexity index is 970. The minimum absolute atomic E-state index is 0.284. The molecule has 6 nitrogen and oxygen atoms in total. The van der Waals surface area contributed by atoms with Crippen LogP contribution in [-0.2, 0) is 6.54 Å². The van der Waals surface area contributed by atoms with Crippen LogP contribution in [0.5, 0.6) is 5.75 Å². The topological polar surface area (TPSA) is 69.0 Å². The van der Waals surface area contributed by atoms with E-state index in [2.05, 4.69) is 15.4 Å². The van der Waals surface area contributed by atoms with Crippen molar-refractivity contribution in [2.45, 2.75) is 20.4 Å². The fourth-order valence-corrected chi connectivity index (χ4v) is 3.42. The van der Waals surface area contributed by atoms with Gasteiger partial charge in [0.15, 0.2) is 5.13 Å². The summed E-state index contributed by atoms with van der Waals surface area (Å²) in [6.07, 6.45) is 0. The lowest BCUT2D eigenvalue weighted by Crippen LogP contribution is -2.17. The van der Waals surface area contributed by atoms with Crippen LogP contribution in [0.4, 0.5) is 9.52 Å². The summed E-state index contributed by atoms with van der Waals surface area (Å²) in [6, 6.07) is 4.18. The maximum absolute atomic E-state index is 13.6. The van der Waals surface area contributed by atoms with Crippen molar-refractivity contribution in [3.05, 3.63) is 45.8 Å². The number of carbonyl (C=O) groups is 1. The summed E-state index contributed by atoms with van der Waals surface area (Å²) in [5.74, 6) is -0.296. The van der Waals surface area contributed by atoms with E-state index in [-0.39, 0.29) is 5.69 Å². The van der Waals surface area contributed by atoms with Gasteiger partial charge >= 0.3 is 0 Å². The number of benzene rings is 1. The van der Waals surface area contributed by atoms with Gasteiger partial charge < -0.3 is 4.74 Å². The van der Waals surface area contributed by atoms with E-state index in [9.17, 15) is 9.18 Å². The van der Waals surface area contributed by atoms with Crippen LogP contribution in [-0.4, -0.2) is 27.8 Å². The number of aromatic nitrogens is 3. The lowest BCUT2D eigenvalue weighted by atomic mass is 10.1. The number of halogens is 2. The molecule has 0 spiro atoms. The first kappa shape index (κ1) is 18.3. The quantitative estimate of drug-likeness (QED) is 0.696. The van der Waals surface area contributed by atoms with Gasteiger partial charge in [0.2, 0.25) is 0 Å². The van der Waals surface area contributed by atoms with E-state index < -0.39 is 11.7 Å². The molecule has 0 saturated carbocycles. The Kier molecular flexibility index (Phi) is 5.24. The summed E-state index contributed by atoms with van der Waals surface area (Å²) in [6.45, 7) is 4.13. The van der Waals surface area contributed by atoms with Crippen molar-refractivity contribution < 1.29 is 13.9 Å². The number of nitrogens with zero attached hydrogens (tertiary/aromatic N) is 3. The Morgan fingerprint density at radius 3 is 2.92 bits per heavy atom. The first-order valence-electron chi connectivity index (χ1n) is 7.78. The molecule has 3 rings (SSSR count). The van der Waals surface area contributed by atoms with Crippen molar-refractivity contribution in [2.24, 2.45) is 0 Å². The standard InChI is InChI=1S/C17H16ClFN4O2S/c1-4-23-15(14(18)9(2)22-23)16(24)21-17-20-12(8-26-17)11-7-10(19)5-6-13(11)25-3/h5-8H,4H2,1-3H3,(H,20,21,24). The van der Waals surface area contributed by atoms with Crippen molar-refractivity contribution in [1.29, 1.82) is 0 Å². The highest BCUT2D eigenvalue weighted by Crippen LogP contribution is 2.33. The van der Waals surface area contributed by atoms with Gasteiger partial charge in [0, 0.05) is 17.5 Å². The van der Waals surface area contributed by atoms with Crippen molar-refractivity contribution in [3.63, 3.8) is 0 Å². The molecule has 0 saturated heterocycles. The molecular weight excluding hydrogens is 379 g/mol. The number of carbonyl (C=O) groups excluding carboxylic acids is 1. The Balaban J connectivity index is 1.88. The Hall–Kier alpha value is -2.45. The van der Waals surface area contributed by atoms with E-state index in [1.165, 1.54) is 41.3 Å². The molecule has 0 fully saturated rings. The number of methoxy groups -OCH3 is 1. The summed E-state index contributed by atoms with van der Waals surface area (Å²) in [5, 5.41) is 9.34. The number of nitrogens with one attached hydrogen (secondary N) is 1. The average molecular weight is 395 g/mol. The summed E-state index contributed by atoms with van der Waals surface area (Å²) in [7, 11) is 1.50. The van der Waals surface area contributed by atoms with Gasteiger partial charge in [-0.15, -0.1) is 11.3 Å². The maximum Gasteiger partial charge on any atom is 0.277 e. The van der Waals surface area contributed by atoms with Crippen LogP contribution in [0.2, 0.25) is 5.02 Å². The number of amides is 1. The number of thiazole rings is 1. The number of hydrogen-bond donors (Lipinski definition) is 1. The summed E-state index contributed by atoms with van der Waals surface area (Å²) in [5.41, 5.74) is 1.89. The molecule has 0 radical (unpaired) electrons. The van der Waals surface area contributed by atoms with Gasteiger partial charge in [0.25, 0.3) is 5.91 Å². The zero-order chi connectivity index (χ0) is 18.8. The Morgan fingerprint density at radius 2 is 2.23 bits per heavy atom. The average Bonchev–Trinajstić information content (AvgIpc) is 3.19. The fourth-order valence-electron chi connectivity index (χ4n) is 2.50. The predicted octanol–water partition coefficient (Wildman–Crippen LogP) is 4.39. The molecule has 0 unspecified atom stereocenters. The zero-order valence-electron chi connectivity index (χ0n) is 14.3. The van der Waals surface area contributed by atoms with Gasteiger partial charge in [0.05, 0.1) is 23.5 Å². The number of aryl methyl sites for hydroxylation is 2. The van der Waals surface area contributed by atoms with E-state index in [4.69, 9.17) is 16.3 Å². The number of hydrogen-bond acceptors (Lipinski definition) is 5. The summed E-state index contributed by atoms with van der Waals surface area (Å²) < 4.78 is 20.3. The molecule has 0 aliphatic carbocycles. The van der Waals surface area contributed by atoms with Crippen molar-refractivity contribution >= 4 is 34.0 Å². The molecule has 1 amide bonds. The van der Waals surface area contributed by atoms with Crippen LogP contribution in [0.15, 0.2) is 23.6 Å². The summed E-state index contributed by atoms with van der Waals surface area (Å²) >= 11 is 7.42. The first-order chi connectivity index (χ1) is 12.4. The van der Waals surface area contributed by atoms with Crippen LogP contribution in [0, 0.1) is 12.7 Å². The second kappa shape index (κ2) is 7.43. The van der Waals surface area contributed by atoms with Crippen LogP contribution in [0.3, 0.4) is 0 Å². The third-order valence-corrected chi connectivity index (χ3v) is 4.94. The highest BCUT2D eigenvalue weighted by atomic mass is 35.5. The van der Waals surface area contributed by atoms with E-state index in [1.54, 1.807) is 12.3 Å². The second-order valence-electron chi connectivity index (χ2n) is 5.40. The second-order valence-corrected chi connectivity index (χ2v) is 6.64. The lowest BCUT2D eigenvalue weighted by molar-refractivity contribution is 0.101. The minimum Gasteiger partial charge on any atom is -0.496 e. The third kappa shape index (κ3) is 3.42. The smallest absolute Gasteiger partial charge is 0.277 e. The Morgan fingerprint density at radius 1 is 1.46 bits per heavy atom. The summed E-state index contributed by atoms with van der Waals surface area (Å²) in [4.78, 5) is 16.9. The van der Waals surface area contributed by atoms with E-state index in [1.807, 2.05) is 6.92 Å². The molecule has 1 aromatic carbocycles.